The van der Waals surface area contributed by atoms with E-state index in [-0.39, 0.29) is 29.6 Å². The van der Waals surface area contributed by atoms with E-state index in [1.54, 1.807) is 25.3 Å². The first-order valence-electron chi connectivity index (χ1n) is 13.2. The number of fused-ring (bicyclic) bond motifs is 1. The van der Waals surface area contributed by atoms with E-state index in [1.165, 1.54) is 23.8 Å². The van der Waals surface area contributed by atoms with Gasteiger partial charge >= 0.3 is 10.2 Å². The molecule has 1 amide bonds. The Balaban J connectivity index is 1.46. The number of carbonyl (C=O) groups is 1. The lowest BCUT2D eigenvalue weighted by atomic mass is 9.95. The molecule has 2 aliphatic rings. The Labute approximate surface area is 227 Å². The van der Waals surface area contributed by atoms with E-state index in [1.807, 2.05) is 12.1 Å². The minimum atomic E-state index is -3.97. The first-order valence-corrected chi connectivity index (χ1v) is 14.6. The molecule has 1 N–H and O–H groups in total. The first-order chi connectivity index (χ1) is 18.6. The molecule has 2 fully saturated rings. The smallest absolute Gasteiger partial charge is 0.303 e. The van der Waals surface area contributed by atoms with E-state index >= 15 is 0 Å². The number of ether oxygens (including phenoxy) is 2. The number of hydrogen-bond acceptors (Lipinski definition) is 7. The number of benzene rings is 1. The minimum Gasteiger partial charge on any atom is -0.487 e. The zero-order valence-corrected chi connectivity index (χ0v) is 23.2. The molecule has 2 aromatic heterocycles. The Morgan fingerprint density at radius 2 is 2.05 bits per heavy atom. The van der Waals surface area contributed by atoms with Gasteiger partial charge in [-0.3, -0.25) is 4.79 Å². The second-order valence-electron chi connectivity index (χ2n) is 10.3. The highest BCUT2D eigenvalue weighted by molar-refractivity contribution is 7.87. The Morgan fingerprint density at radius 1 is 1.28 bits per heavy atom. The Morgan fingerprint density at radius 3 is 2.79 bits per heavy atom. The summed E-state index contributed by atoms with van der Waals surface area (Å²) in [5.41, 5.74) is 1.82. The second kappa shape index (κ2) is 10.7. The van der Waals surface area contributed by atoms with Crippen molar-refractivity contribution in [2.45, 2.75) is 51.2 Å². The summed E-state index contributed by atoms with van der Waals surface area (Å²) in [4.78, 5) is 15.1. The highest BCUT2D eigenvalue weighted by atomic mass is 32.2. The van der Waals surface area contributed by atoms with Crippen LogP contribution in [0.2, 0.25) is 0 Å². The quantitative estimate of drug-likeness (QED) is 0.449. The van der Waals surface area contributed by atoms with Crippen LogP contribution in [0.4, 0.5) is 10.1 Å². The summed E-state index contributed by atoms with van der Waals surface area (Å²) in [6.07, 6.45) is 6.29. The maximum atomic E-state index is 14.5. The van der Waals surface area contributed by atoms with Crippen LogP contribution in [0.1, 0.15) is 61.5 Å². The molecule has 0 saturated carbocycles. The molecule has 5 rings (SSSR count). The summed E-state index contributed by atoms with van der Waals surface area (Å²) < 4.78 is 56.1. The van der Waals surface area contributed by atoms with Gasteiger partial charge in [0.05, 0.1) is 36.5 Å². The van der Waals surface area contributed by atoms with Crippen LogP contribution >= 0.6 is 0 Å². The molecule has 0 spiro atoms. The number of nitrogens with zero attached hydrogens (tertiary/aromatic N) is 4. The highest BCUT2D eigenvalue weighted by Crippen LogP contribution is 2.42. The molecule has 0 radical (unpaired) electrons. The van der Waals surface area contributed by atoms with E-state index < -0.39 is 16.1 Å². The molecular weight excluding hydrogens is 525 g/mol. The van der Waals surface area contributed by atoms with E-state index in [9.17, 15) is 17.6 Å². The monoisotopic (exact) mass is 559 g/mol. The second-order valence-corrected chi connectivity index (χ2v) is 12.1. The lowest BCUT2D eigenvalue weighted by Crippen LogP contribution is -2.41. The molecular formula is C27H34FN5O5S. The maximum Gasteiger partial charge on any atom is 0.303 e. The van der Waals surface area contributed by atoms with Gasteiger partial charge in [0, 0.05) is 50.4 Å². The summed E-state index contributed by atoms with van der Waals surface area (Å²) in [5.74, 6) is -0.427. The van der Waals surface area contributed by atoms with Crippen molar-refractivity contribution >= 4 is 27.3 Å². The molecule has 210 valence electrons. The van der Waals surface area contributed by atoms with Crippen LogP contribution in [0.3, 0.4) is 0 Å². The number of aromatic nitrogens is 2. The van der Waals surface area contributed by atoms with Crippen LogP contribution in [0, 0.1) is 5.82 Å². The van der Waals surface area contributed by atoms with Crippen molar-refractivity contribution in [3.63, 3.8) is 0 Å². The number of pyridine rings is 1. The lowest BCUT2D eigenvalue weighted by molar-refractivity contribution is -0.0349. The molecule has 4 heterocycles. The van der Waals surface area contributed by atoms with Gasteiger partial charge in [0.15, 0.2) is 0 Å². The zero-order chi connectivity index (χ0) is 27.8. The van der Waals surface area contributed by atoms with E-state index in [0.29, 0.717) is 24.5 Å². The summed E-state index contributed by atoms with van der Waals surface area (Å²) >= 11 is 0. The minimum absolute atomic E-state index is 0.139. The standard InChI is InChI=1S/C27H34FN5O5S/c1-4-31(3)39(35,36)30-26(34)22-18-29-33-13-9-20(17-24(22)33)32-12-5-6-23(32)21-16-19(28)7-8-25(21)38-27(2)10-14-37-15-11-27/h7-9,13,16-18,23H,4-6,10-12,14-15H2,1-3H3,(H,30,34)/t23-/m1/s1. The largest absolute Gasteiger partial charge is 0.487 e. The fourth-order valence-electron chi connectivity index (χ4n) is 5.19. The Bertz CT molecular complexity index is 1470. The Kier molecular flexibility index (Phi) is 7.53. The third-order valence-electron chi connectivity index (χ3n) is 7.65. The molecule has 0 aliphatic carbocycles. The summed E-state index contributed by atoms with van der Waals surface area (Å²) in [6, 6.07) is 8.25. The van der Waals surface area contributed by atoms with Gasteiger partial charge in [-0.1, -0.05) is 6.92 Å². The van der Waals surface area contributed by atoms with Gasteiger partial charge in [-0.2, -0.15) is 17.8 Å². The van der Waals surface area contributed by atoms with Crippen molar-refractivity contribution in [3.8, 4) is 5.75 Å². The summed E-state index contributed by atoms with van der Waals surface area (Å²) in [7, 11) is -2.58. The van der Waals surface area contributed by atoms with Crippen LogP contribution in [-0.2, 0) is 14.9 Å². The number of hydrogen-bond donors (Lipinski definition) is 1. The van der Waals surface area contributed by atoms with Gasteiger partial charge in [0.1, 0.15) is 17.2 Å². The molecule has 1 atom stereocenters. The van der Waals surface area contributed by atoms with E-state index in [2.05, 4.69) is 21.6 Å². The lowest BCUT2D eigenvalue weighted by Gasteiger charge is -2.36. The number of amides is 1. The van der Waals surface area contributed by atoms with Crippen molar-refractivity contribution < 1.29 is 27.1 Å². The van der Waals surface area contributed by atoms with Crippen molar-refractivity contribution in [3.05, 3.63) is 59.7 Å². The number of carbonyl (C=O) groups excluding carboxylic acids is 1. The van der Waals surface area contributed by atoms with E-state index in [4.69, 9.17) is 9.47 Å². The van der Waals surface area contributed by atoms with Gasteiger partial charge in [-0.25, -0.2) is 13.6 Å². The van der Waals surface area contributed by atoms with Gasteiger partial charge in [0.2, 0.25) is 0 Å². The average Bonchev–Trinajstić information content (AvgIpc) is 3.56. The van der Waals surface area contributed by atoms with E-state index in [0.717, 1.165) is 47.8 Å². The highest BCUT2D eigenvalue weighted by Gasteiger charge is 2.34. The fourth-order valence-corrected chi connectivity index (χ4v) is 6.03. The number of anilines is 1. The predicted octanol–water partition coefficient (Wildman–Crippen LogP) is 3.69. The number of nitrogens with one attached hydrogen (secondary N) is 1. The third-order valence-corrected chi connectivity index (χ3v) is 9.17. The maximum absolute atomic E-state index is 14.5. The van der Waals surface area contributed by atoms with Gasteiger partial charge in [0.25, 0.3) is 5.91 Å². The molecule has 3 aromatic rings. The molecule has 0 bridgehead atoms. The molecule has 12 heteroatoms. The Hall–Kier alpha value is -3.22. The molecule has 39 heavy (non-hydrogen) atoms. The van der Waals surface area contributed by atoms with Gasteiger partial charge in [-0.05, 0) is 50.1 Å². The predicted molar refractivity (Wildman–Crippen MR) is 145 cm³/mol. The number of halogens is 1. The SMILES string of the molecule is CCN(C)S(=O)(=O)NC(=O)c1cnn2ccc(N3CCC[C@@H]3c3cc(F)ccc3OC3(C)CCOCC3)cc12. The zero-order valence-electron chi connectivity index (χ0n) is 22.4. The van der Waals surface area contributed by atoms with Crippen molar-refractivity contribution in [2.24, 2.45) is 0 Å². The van der Waals surface area contributed by atoms with Crippen LogP contribution in [0.15, 0.2) is 42.7 Å². The molecule has 10 nitrogen and oxygen atoms in total. The van der Waals surface area contributed by atoms with Crippen LogP contribution in [0.25, 0.3) is 5.52 Å². The van der Waals surface area contributed by atoms with Crippen molar-refractivity contribution in [1.29, 1.82) is 0 Å². The summed E-state index contributed by atoms with van der Waals surface area (Å²) in [6.45, 7) is 5.94. The van der Waals surface area contributed by atoms with Crippen molar-refractivity contribution in [2.75, 3.05) is 38.3 Å². The number of rotatable bonds is 8. The summed E-state index contributed by atoms with van der Waals surface area (Å²) in [5, 5.41) is 4.23. The molecule has 2 saturated heterocycles. The first kappa shape index (κ1) is 27.4. The fraction of sp³-hybridized carbons (Fsp3) is 0.481. The van der Waals surface area contributed by atoms with Gasteiger partial charge in [-0.15, -0.1) is 0 Å². The van der Waals surface area contributed by atoms with Crippen LogP contribution in [-0.4, -0.2) is 67.2 Å². The van der Waals surface area contributed by atoms with Crippen LogP contribution < -0.4 is 14.4 Å². The average molecular weight is 560 g/mol. The van der Waals surface area contributed by atoms with Crippen LogP contribution in [0.5, 0.6) is 5.75 Å². The molecule has 1 aromatic carbocycles. The normalized spacial score (nSPS) is 19.5. The van der Waals surface area contributed by atoms with Gasteiger partial charge < -0.3 is 14.4 Å². The topological polar surface area (TPSA) is 105 Å². The third kappa shape index (κ3) is 5.59. The molecule has 0 unspecified atom stereocenters. The van der Waals surface area contributed by atoms with Crippen molar-refractivity contribution in [1.82, 2.24) is 18.6 Å². The molecule has 2 aliphatic heterocycles.